The minimum absolute atomic E-state index is 0.106. The predicted octanol–water partition coefficient (Wildman–Crippen LogP) is 2.06. The average molecular weight is 518 g/mol. The number of aromatic nitrogens is 2. The van der Waals surface area contributed by atoms with Gasteiger partial charge in [-0.3, -0.25) is 14.8 Å². The molecule has 1 amide bonds. The molecule has 3 aliphatic rings. The zero-order valence-corrected chi connectivity index (χ0v) is 18.3. The summed E-state index contributed by atoms with van der Waals surface area (Å²) in [5.41, 5.74) is 2.91. The number of carboxylic acid groups (broad SMARTS) is 2. The molecule has 1 unspecified atom stereocenters. The molecular formula is C19H24F6N4O6. The third-order valence-corrected chi connectivity index (χ3v) is 5.47. The Morgan fingerprint density at radius 2 is 1.51 bits per heavy atom. The summed E-state index contributed by atoms with van der Waals surface area (Å²) in [5.74, 6) is -5.41. The summed E-state index contributed by atoms with van der Waals surface area (Å²) in [6.07, 6.45) is -5.89. The van der Waals surface area contributed by atoms with Gasteiger partial charge in [-0.1, -0.05) is 0 Å². The lowest BCUT2D eigenvalue weighted by Crippen LogP contribution is -2.40. The Balaban J connectivity index is 0.000000257. The van der Waals surface area contributed by atoms with Crippen LogP contribution in [0.4, 0.5) is 26.3 Å². The summed E-state index contributed by atoms with van der Waals surface area (Å²) in [6.45, 7) is 5.29. The number of hydrogen-bond donors (Lipinski definition) is 3. The summed E-state index contributed by atoms with van der Waals surface area (Å²) in [6, 6.07) is 0.503. The van der Waals surface area contributed by atoms with Crippen molar-refractivity contribution in [3.8, 4) is 0 Å². The number of H-pyrrole nitrogens is 1. The number of hydrogen-bond acceptors (Lipinski definition) is 6. The van der Waals surface area contributed by atoms with Crippen LogP contribution in [0.15, 0.2) is 0 Å². The molecule has 1 aromatic heterocycles. The van der Waals surface area contributed by atoms with Gasteiger partial charge in [0.15, 0.2) is 5.69 Å². The van der Waals surface area contributed by atoms with E-state index in [0.29, 0.717) is 11.7 Å². The molecule has 0 bridgehead atoms. The van der Waals surface area contributed by atoms with Crippen LogP contribution in [0.5, 0.6) is 0 Å². The van der Waals surface area contributed by atoms with Gasteiger partial charge < -0.3 is 19.8 Å². The molecule has 0 saturated carbocycles. The number of alkyl halides is 6. The van der Waals surface area contributed by atoms with Gasteiger partial charge in [0.1, 0.15) is 0 Å². The number of likely N-dealkylation sites (tertiary alicyclic amines) is 1. The van der Waals surface area contributed by atoms with Crippen molar-refractivity contribution in [1.29, 1.82) is 0 Å². The Morgan fingerprint density at radius 1 is 0.971 bits per heavy atom. The highest BCUT2D eigenvalue weighted by Crippen LogP contribution is 2.26. The van der Waals surface area contributed by atoms with Crippen molar-refractivity contribution in [2.75, 3.05) is 32.8 Å². The van der Waals surface area contributed by atoms with Crippen molar-refractivity contribution in [2.45, 2.75) is 50.6 Å². The van der Waals surface area contributed by atoms with Gasteiger partial charge >= 0.3 is 24.3 Å². The summed E-state index contributed by atoms with van der Waals surface area (Å²) in [7, 11) is 0. The van der Waals surface area contributed by atoms with E-state index in [2.05, 4.69) is 15.1 Å². The van der Waals surface area contributed by atoms with Crippen LogP contribution in [0.3, 0.4) is 0 Å². The second-order valence-corrected chi connectivity index (χ2v) is 7.87. The summed E-state index contributed by atoms with van der Waals surface area (Å²) in [4.78, 5) is 34.8. The summed E-state index contributed by atoms with van der Waals surface area (Å²) >= 11 is 0. The normalized spacial score (nSPS) is 20.3. The molecule has 2 saturated heterocycles. The molecular weight excluding hydrogens is 494 g/mol. The molecule has 3 N–H and O–H groups in total. The van der Waals surface area contributed by atoms with E-state index in [0.717, 1.165) is 76.3 Å². The van der Waals surface area contributed by atoms with E-state index in [1.807, 2.05) is 4.90 Å². The molecule has 16 heteroatoms. The molecule has 1 atom stereocenters. The Hall–Kier alpha value is -2.88. The number of rotatable bonds is 2. The first-order chi connectivity index (χ1) is 16.2. The molecule has 4 heterocycles. The Morgan fingerprint density at radius 3 is 1.97 bits per heavy atom. The Labute approximate surface area is 194 Å². The number of carbonyl (C=O) groups excluding carboxylic acids is 1. The fraction of sp³-hybridized carbons (Fsp3) is 0.684. The lowest BCUT2D eigenvalue weighted by atomic mass is 10.0. The lowest BCUT2D eigenvalue weighted by molar-refractivity contribution is -0.193. The minimum Gasteiger partial charge on any atom is -0.475 e. The van der Waals surface area contributed by atoms with E-state index in [-0.39, 0.29) is 5.91 Å². The molecule has 0 spiro atoms. The van der Waals surface area contributed by atoms with Crippen LogP contribution >= 0.6 is 0 Å². The topological polar surface area (TPSA) is 136 Å². The quantitative estimate of drug-likeness (QED) is 0.507. The van der Waals surface area contributed by atoms with Gasteiger partial charge in [0.25, 0.3) is 5.91 Å². The second-order valence-electron chi connectivity index (χ2n) is 7.87. The zero-order valence-electron chi connectivity index (χ0n) is 18.3. The van der Waals surface area contributed by atoms with Crippen molar-refractivity contribution in [3.05, 3.63) is 17.0 Å². The number of nitrogens with one attached hydrogen (secondary N) is 1. The molecule has 35 heavy (non-hydrogen) atoms. The van der Waals surface area contributed by atoms with E-state index >= 15 is 0 Å². The Bertz CT molecular complexity index is 867. The maximum atomic E-state index is 12.6. The average Bonchev–Trinajstić information content (AvgIpc) is 3.54. The number of aromatic amines is 1. The number of nitrogens with zero attached hydrogens (tertiary/aromatic N) is 3. The largest absolute Gasteiger partial charge is 0.490 e. The van der Waals surface area contributed by atoms with Gasteiger partial charge in [0.05, 0.1) is 6.61 Å². The first-order valence-corrected chi connectivity index (χ1v) is 10.5. The molecule has 10 nitrogen and oxygen atoms in total. The molecule has 0 aliphatic carbocycles. The van der Waals surface area contributed by atoms with Gasteiger partial charge in [-0.05, 0) is 19.3 Å². The predicted molar refractivity (Wildman–Crippen MR) is 104 cm³/mol. The van der Waals surface area contributed by atoms with Crippen LogP contribution in [0, 0.1) is 0 Å². The maximum absolute atomic E-state index is 12.6. The van der Waals surface area contributed by atoms with Crippen LogP contribution in [-0.2, 0) is 27.3 Å². The third-order valence-electron chi connectivity index (χ3n) is 5.47. The lowest BCUT2D eigenvalue weighted by Gasteiger charge is -2.31. The molecule has 0 radical (unpaired) electrons. The number of halogens is 6. The van der Waals surface area contributed by atoms with Crippen LogP contribution in [0.2, 0.25) is 0 Å². The van der Waals surface area contributed by atoms with E-state index in [1.165, 1.54) is 0 Å². The highest BCUT2D eigenvalue weighted by molar-refractivity contribution is 5.94. The summed E-state index contributed by atoms with van der Waals surface area (Å²) in [5, 5.41) is 21.7. The van der Waals surface area contributed by atoms with Crippen molar-refractivity contribution in [2.24, 2.45) is 0 Å². The SMILES string of the molecule is O=C(O)C(F)(F)F.O=C(O)C(F)(F)F.O=C(c1n[nH]c2c1CN(C1CCOC1)CC2)N1CCCC1. The number of fused-ring (bicyclic) bond motifs is 1. The van der Waals surface area contributed by atoms with E-state index in [9.17, 15) is 31.1 Å². The van der Waals surface area contributed by atoms with Gasteiger partial charge in [0.2, 0.25) is 0 Å². The first-order valence-electron chi connectivity index (χ1n) is 10.5. The van der Waals surface area contributed by atoms with Crippen LogP contribution in [0.1, 0.15) is 41.0 Å². The smallest absolute Gasteiger partial charge is 0.475 e. The maximum Gasteiger partial charge on any atom is 0.490 e. The van der Waals surface area contributed by atoms with E-state index in [4.69, 9.17) is 24.5 Å². The van der Waals surface area contributed by atoms with E-state index in [1.54, 1.807) is 0 Å². The zero-order chi connectivity index (χ0) is 26.4. The van der Waals surface area contributed by atoms with Gasteiger partial charge in [-0.25, -0.2) is 9.59 Å². The highest BCUT2D eigenvalue weighted by atomic mass is 19.4. The molecule has 1 aromatic rings. The fourth-order valence-corrected chi connectivity index (χ4v) is 3.68. The number of ether oxygens (including phenoxy) is 1. The first kappa shape index (κ1) is 28.4. The molecule has 3 aliphatic heterocycles. The molecule has 2 fully saturated rings. The van der Waals surface area contributed by atoms with Crippen molar-refractivity contribution < 1.29 is 55.7 Å². The number of aliphatic carboxylic acids is 2. The second kappa shape index (κ2) is 11.7. The van der Waals surface area contributed by atoms with Crippen LogP contribution in [0.25, 0.3) is 0 Å². The monoisotopic (exact) mass is 518 g/mol. The highest BCUT2D eigenvalue weighted by Gasteiger charge is 2.39. The minimum atomic E-state index is -5.08. The van der Waals surface area contributed by atoms with E-state index < -0.39 is 24.3 Å². The van der Waals surface area contributed by atoms with Crippen molar-refractivity contribution in [1.82, 2.24) is 20.0 Å². The van der Waals surface area contributed by atoms with Crippen LogP contribution in [-0.4, -0.2) is 99.3 Å². The molecule has 4 rings (SSSR count). The third kappa shape index (κ3) is 8.09. The fourth-order valence-electron chi connectivity index (χ4n) is 3.68. The van der Waals surface area contributed by atoms with Crippen LogP contribution < -0.4 is 0 Å². The number of carboxylic acids is 2. The Kier molecular flexibility index (Phi) is 9.48. The van der Waals surface area contributed by atoms with Gasteiger partial charge in [0, 0.05) is 56.5 Å². The van der Waals surface area contributed by atoms with Gasteiger partial charge in [-0.2, -0.15) is 31.4 Å². The molecule has 0 aromatic carbocycles. The van der Waals surface area contributed by atoms with Crippen molar-refractivity contribution >= 4 is 17.8 Å². The number of amides is 1. The summed E-state index contributed by atoms with van der Waals surface area (Å²) < 4.78 is 69.0. The standard InChI is InChI=1S/C15H22N4O2.2C2HF3O2/c20-15(18-5-1-2-6-18)14-12-9-19(11-4-8-21-10-11)7-3-13(12)16-17-14;2*3-2(4,5)1(6)7/h11H,1-10H2,(H,16,17);2*(H,6,7). The molecule has 198 valence electrons. The van der Waals surface area contributed by atoms with Crippen molar-refractivity contribution in [3.63, 3.8) is 0 Å². The van der Waals surface area contributed by atoms with Gasteiger partial charge in [-0.15, -0.1) is 0 Å². The number of carbonyl (C=O) groups is 3.